The molecule has 0 aliphatic carbocycles. The lowest BCUT2D eigenvalue weighted by Gasteiger charge is -2.24. The molecule has 1 atom stereocenters. The van der Waals surface area contributed by atoms with Crippen molar-refractivity contribution in [2.45, 2.75) is 29.5 Å². The van der Waals surface area contributed by atoms with Crippen LogP contribution >= 0.6 is 12.0 Å². The fourth-order valence-corrected chi connectivity index (χ4v) is 3.69. The van der Waals surface area contributed by atoms with Crippen molar-refractivity contribution in [3.05, 3.63) is 77.4 Å². The predicted molar refractivity (Wildman–Crippen MR) is 91.4 cm³/mol. The fourth-order valence-electron chi connectivity index (χ4n) is 2.78. The number of hydrogen-bond acceptors (Lipinski definition) is 3. The lowest BCUT2D eigenvalue weighted by Crippen LogP contribution is -2.28. The predicted octanol–water partition coefficient (Wildman–Crippen LogP) is 6.36. The second-order valence-corrected chi connectivity index (χ2v) is 6.94. The Morgan fingerprint density at radius 1 is 1.00 bits per heavy atom. The van der Waals surface area contributed by atoms with Crippen LogP contribution in [0.3, 0.4) is 0 Å². The van der Waals surface area contributed by atoms with Gasteiger partial charge < -0.3 is 4.74 Å². The highest BCUT2D eigenvalue weighted by atomic mass is 32.2. The van der Waals surface area contributed by atoms with E-state index in [1.165, 1.54) is 6.08 Å². The summed E-state index contributed by atoms with van der Waals surface area (Å²) in [6, 6.07) is 8.61. The van der Waals surface area contributed by atoms with E-state index in [0.717, 1.165) is 22.5 Å². The van der Waals surface area contributed by atoms with Gasteiger partial charge in [-0.3, -0.25) is 4.18 Å². The van der Waals surface area contributed by atoms with Crippen molar-refractivity contribution in [1.82, 2.24) is 0 Å². The first-order chi connectivity index (χ1) is 13.0. The van der Waals surface area contributed by atoms with Crippen LogP contribution in [-0.4, -0.2) is 6.61 Å². The van der Waals surface area contributed by atoms with Crippen LogP contribution < -0.4 is 0 Å². The van der Waals surface area contributed by atoms with E-state index in [1.54, 1.807) is 12.1 Å². The van der Waals surface area contributed by atoms with Gasteiger partial charge in [0.05, 0.1) is 24.3 Å². The van der Waals surface area contributed by atoms with Crippen molar-refractivity contribution < 1.29 is 35.3 Å². The van der Waals surface area contributed by atoms with E-state index < -0.39 is 35.7 Å². The Hall–Kier alpha value is -1.97. The third-order valence-electron chi connectivity index (χ3n) is 4.19. The highest BCUT2D eigenvalue weighted by Gasteiger charge is 2.40. The molecule has 2 aromatic rings. The molecule has 1 aliphatic rings. The lowest BCUT2D eigenvalue weighted by atomic mass is 9.95. The molecular formula is C19H14F6O2S. The molecule has 0 bridgehead atoms. The average Bonchev–Trinajstić information content (AvgIpc) is 2.99. The summed E-state index contributed by atoms with van der Waals surface area (Å²) in [5, 5.41) is 0. The first-order valence-electron chi connectivity index (χ1n) is 8.00. The Bertz CT molecular complexity index is 845. The van der Waals surface area contributed by atoms with Crippen LogP contribution in [0.1, 0.15) is 22.3 Å². The number of ether oxygens (including phenoxy) is 1. The van der Waals surface area contributed by atoms with Crippen molar-refractivity contribution in [3.63, 3.8) is 0 Å². The molecule has 2 nitrogen and oxygen atoms in total. The van der Waals surface area contributed by atoms with E-state index in [4.69, 9.17) is 8.92 Å². The molecule has 0 N–H and O–H groups in total. The van der Waals surface area contributed by atoms with E-state index in [9.17, 15) is 26.3 Å². The van der Waals surface area contributed by atoms with Crippen LogP contribution in [0.5, 0.6) is 0 Å². The van der Waals surface area contributed by atoms with Crippen LogP contribution in [0.25, 0.3) is 0 Å². The molecule has 0 aromatic heterocycles. The maximum atomic E-state index is 12.9. The largest absolute Gasteiger partial charge is 0.416 e. The second kappa shape index (κ2) is 7.46. The zero-order valence-electron chi connectivity index (χ0n) is 14.2. The molecule has 1 heterocycles. The van der Waals surface area contributed by atoms with Gasteiger partial charge in [-0.1, -0.05) is 30.9 Å². The molecular weight excluding hydrogens is 406 g/mol. The normalized spacial score (nSPS) is 19.5. The summed E-state index contributed by atoms with van der Waals surface area (Å²) in [4.78, 5) is 0.837. The first kappa shape index (κ1) is 20.8. The Kier molecular flexibility index (Phi) is 5.53. The van der Waals surface area contributed by atoms with Crippen LogP contribution in [0, 0.1) is 0 Å². The zero-order valence-corrected chi connectivity index (χ0v) is 15.0. The maximum Gasteiger partial charge on any atom is 0.416 e. The van der Waals surface area contributed by atoms with Crippen LogP contribution in [0.4, 0.5) is 26.3 Å². The standard InChI is InChI=1S/C19H14F6O2S/c1-2-17(15-5-3-4-6-16(15)28-27-17)11-26-10-12-7-13(18(20,21)22)9-14(8-12)19(23,24)25/h2-9H,1,10-11H2. The van der Waals surface area contributed by atoms with Crippen molar-refractivity contribution in [2.24, 2.45) is 0 Å². The van der Waals surface area contributed by atoms with Crippen LogP contribution in [-0.2, 0) is 33.5 Å². The molecule has 1 aliphatic heterocycles. The average molecular weight is 420 g/mol. The number of hydrogen-bond donors (Lipinski definition) is 0. The molecule has 28 heavy (non-hydrogen) atoms. The van der Waals surface area contributed by atoms with Crippen LogP contribution in [0.2, 0.25) is 0 Å². The molecule has 0 saturated heterocycles. The van der Waals surface area contributed by atoms with Gasteiger partial charge in [0.1, 0.15) is 0 Å². The van der Waals surface area contributed by atoms with Gasteiger partial charge >= 0.3 is 12.4 Å². The lowest BCUT2D eigenvalue weighted by molar-refractivity contribution is -0.143. The topological polar surface area (TPSA) is 18.5 Å². The first-order valence-corrected chi connectivity index (χ1v) is 8.74. The molecule has 0 radical (unpaired) electrons. The summed E-state index contributed by atoms with van der Waals surface area (Å²) >= 11 is 1.11. The number of rotatable bonds is 5. The van der Waals surface area contributed by atoms with Gasteiger partial charge in [-0.15, -0.1) is 0 Å². The summed E-state index contributed by atoms with van der Waals surface area (Å²) in [5.41, 5.74) is -3.25. The molecule has 2 aromatic carbocycles. The van der Waals surface area contributed by atoms with Gasteiger partial charge in [-0.25, -0.2) is 0 Å². The Morgan fingerprint density at radius 3 is 2.18 bits per heavy atom. The minimum absolute atomic E-state index is 0.0850. The maximum absolute atomic E-state index is 12.9. The minimum Gasteiger partial charge on any atom is -0.373 e. The smallest absolute Gasteiger partial charge is 0.373 e. The zero-order chi connectivity index (χ0) is 20.6. The summed E-state index contributed by atoms with van der Waals surface area (Å²) in [5.74, 6) is 0. The SMILES string of the molecule is C=CC1(COCc2cc(C(F)(F)F)cc(C(F)(F)F)c2)OSc2ccccc21. The molecule has 0 spiro atoms. The summed E-state index contributed by atoms with van der Waals surface area (Å²) in [6.45, 7) is 3.16. The van der Waals surface area contributed by atoms with Gasteiger partial charge in [0, 0.05) is 22.5 Å². The second-order valence-electron chi connectivity index (χ2n) is 6.16. The van der Waals surface area contributed by atoms with E-state index in [-0.39, 0.29) is 18.2 Å². The van der Waals surface area contributed by atoms with E-state index >= 15 is 0 Å². The highest BCUT2D eigenvalue weighted by molar-refractivity contribution is 7.95. The molecule has 150 valence electrons. The Morgan fingerprint density at radius 2 is 1.61 bits per heavy atom. The van der Waals surface area contributed by atoms with Crippen molar-refractivity contribution in [2.75, 3.05) is 6.61 Å². The third-order valence-corrected chi connectivity index (χ3v) is 5.10. The van der Waals surface area contributed by atoms with Crippen molar-refractivity contribution >= 4 is 12.0 Å². The van der Waals surface area contributed by atoms with E-state index in [1.807, 2.05) is 12.1 Å². The van der Waals surface area contributed by atoms with Gasteiger partial charge in [0.15, 0.2) is 5.60 Å². The van der Waals surface area contributed by atoms with Crippen molar-refractivity contribution in [3.8, 4) is 0 Å². The molecule has 1 unspecified atom stereocenters. The van der Waals surface area contributed by atoms with E-state index in [0.29, 0.717) is 12.1 Å². The monoisotopic (exact) mass is 420 g/mol. The quantitative estimate of drug-likeness (QED) is 0.319. The van der Waals surface area contributed by atoms with Crippen LogP contribution in [0.15, 0.2) is 60.0 Å². The van der Waals surface area contributed by atoms with Gasteiger partial charge in [-0.2, -0.15) is 26.3 Å². The molecule has 0 saturated carbocycles. The molecule has 3 rings (SSSR count). The number of benzene rings is 2. The fraction of sp³-hybridized carbons (Fsp3) is 0.263. The van der Waals surface area contributed by atoms with Gasteiger partial charge in [0.25, 0.3) is 0 Å². The highest BCUT2D eigenvalue weighted by Crippen LogP contribution is 2.46. The number of alkyl halides is 6. The van der Waals surface area contributed by atoms with Gasteiger partial charge in [-0.05, 0) is 29.8 Å². The van der Waals surface area contributed by atoms with E-state index in [2.05, 4.69) is 6.58 Å². The van der Waals surface area contributed by atoms with Crippen molar-refractivity contribution in [1.29, 1.82) is 0 Å². The molecule has 0 amide bonds. The number of fused-ring (bicyclic) bond motifs is 1. The summed E-state index contributed by atoms with van der Waals surface area (Å²) in [7, 11) is 0. The third kappa shape index (κ3) is 4.21. The molecule has 9 heteroatoms. The minimum atomic E-state index is -4.90. The summed E-state index contributed by atoms with van der Waals surface area (Å²) in [6.07, 6.45) is -8.30. The Balaban J connectivity index is 1.80. The number of halogens is 6. The van der Waals surface area contributed by atoms with Gasteiger partial charge in [0.2, 0.25) is 0 Å². The Labute approximate surface area is 161 Å². The summed E-state index contributed by atoms with van der Waals surface area (Å²) < 4.78 is 88.8. The molecule has 0 fully saturated rings.